The Morgan fingerprint density at radius 2 is 2.04 bits per heavy atom. The summed E-state index contributed by atoms with van der Waals surface area (Å²) in [5, 5.41) is 4.53. The maximum Gasteiger partial charge on any atom is 0.225 e. The molecule has 0 spiro atoms. The van der Waals surface area contributed by atoms with Crippen LogP contribution in [-0.4, -0.2) is 29.2 Å². The monoisotopic (exact) mass is 406 g/mol. The highest BCUT2D eigenvalue weighted by atomic mass is 35.5. The molecule has 1 amide bonds. The Labute approximate surface area is 167 Å². The Balaban J connectivity index is 1.72. The molecule has 0 aromatic heterocycles. The second-order valence-corrected chi connectivity index (χ2v) is 7.47. The molecule has 1 atom stereocenters. The first-order valence-electron chi connectivity index (χ1n) is 9.05. The van der Waals surface area contributed by atoms with Gasteiger partial charge in [0.05, 0.1) is 12.3 Å². The number of rotatable bonds is 6. The number of carbonyl (C=O) groups is 1. The normalized spacial score (nSPS) is 16.1. The SMILES string of the molecule is CC(C)C(=O)N(Cc1ccccc1Cl)C[C@@H]1CC(c2ccc(F)cc2F)=NO1. The van der Waals surface area contributed by atoms with Crippen molar-refractivity contribution in [3.8, 4) is 0 Å². The molecule has 0 saturated carbocycles. The van der Waals surface area contributed by atoms with Gasteiger partial charge in [-0.25, -0.2) is 8.78 Å². The van der Waals surface area contributed by atoms with Crippen LogP contribution in [0.15, 0.2) is 47.6 Å². The van der Waals surface area contributed by atoms with E-state index in [4.69, 9.17) is 16.4 Å². The van der Waals surface area contributed by atoms with Gasteiger partial charge in [0.25, 0.3) is 0 Å². The number of oxime groups is 1. The number of hydrogen-bond donors (Lipinski definition) is 0. The second kappa shape index (κ2) is 8.69. The molecule has 7 heteroatoms. The maximum atomic E-state index is 14.0. The zero-order valence-electron chi connectivity index (χ0n) is 15.7. The van der Waals surface area contributed by atoms with E-state index in [-0.39, 0.29) is 23.9 Å². The number of halogens is 3. The Morgan fingerprint density at radius 1 is 1.29 bits per heavy atom. The van der Waals surface area contributed by atoms with E-state index >= 15 is 0 Å². The van der Waals surface area contributed by atoms with Crippen LogP contribution in [0, 0.1) is 17.6 Å². The summed E-state index contributed by atoms with van der Waals surface area (Å²) in [5.74, 6) is -1.57. The molecular formula is C21H21ClF2N2O2. The quantitative estimate of drug-likeness (QED) is 0.691. The lowest BCUT2D eigenvalue weighted by Crippen LogP contribution is -2.39. The summed E-state index contributed by atoms with van der Waals surface area (Å²) < 4.78 is 27.1. The largest absolute Gasteiger partial charge is 0.390 e. The minimum atomic E-state index is -0.686. The van der Waals surface area contributed by atoms with Crippen LogP contribution in [0.5, 0.6) is 0 Å². The van der Waals surface area contributed by atoms with Crippen LogP contribution in [0.25, 0.3) is 0 Å². The van der Waals surface area contributed by atoms with Gasteiger partial charge < -0.3 is 9.74 Å². The van der Waals surface area contributed by atoms with Crippen molar-refractivity contribution in [2.75, 3.05) is 6.54 Å². The molecule has 0 saturated heterocycles. The van der Waals surface area contributed by atoms with Crippen molar-refractivity contribution in [3.63, 3.8) is 0 Å². The van der Waals surface area contributed by atoms with Crippen molar-refractivity contribution in [1.29, 1.82) is 0 Å². The van der Waals surface area contributed by atoms with Gasteiger partial charge in [0.15, 0.2) is 6.10 Å². The predicted molar refractivity (Wildman–Crippen MR) is 104 cm³/mol. The first-order valence-corrected chi connectivity index (χ1v) is 9.43. The Bertz CT molecular complexity index is 902. The van der Waals surface area contributed by atoms with E-state index in [1.165, 1.54) is 12.1 Å². The Morgan fingerprint density at radius 3 is 2.71 bits per heavy atom. The molecule has 28 heavy (non-hydrogen) atoms. The zero-order valence-corrected chi connectivity index (χ0v) is 16.4. The molecule has 0 fully saturated rings. The minimum absolute atomic E-state index is 0.0371. The van der Waals surface area contributed by atoms with Gasteiger partial charge in [-0.15, -0.1) is 0 Å². The van der Waals surface area contributed by atoms with Gasteiger partial charge in [0, 0.05) is 35.5 Å². The molecule has 4 nitrogen and oxygen atoms in total. The molecule has 148 valence electrons. The van der Waals surface area contributed by atoms with Crippen molar-refractivity contribution in [2.24, 2.45) is 11.1 Å². The van der Waals surface area contributed by atoms with Crippen LogP contribution in [0.3, 0.4) is 0 Å². The smallest absolute Gasteiger partial charge is 0.225 e. The van der Waals surface area contributed by atoms with Gasteiger partial charge in [0.2, 0.25) is 5.91 Å². The molecule has 0 aliphatic carbocycles. The van der Waals surface area contributed by atoms with E-state index in [2.05, 4.69) is 5.16 Å². The van der Waals surface area contributed by atoms with Crippen molar-refractivity contribution >= 4 is 23.2 Å². The summed E-state index contributed by atoms with van der Waals surface area (Å²) in [6, 6.07) is 10.7. The molecule has 0 unspecified atom stereocenters. The minimum Gasteiger partial charge on any atom is -0.390 e. The van der Waals surface area contributed by atoms with Gasteiger partial charge in [-0.3, -0.25) is 4.79 Å². The molecule has 0 bridgehead atoms. The lowest BCUT2D eigenvalue weighted by molar-refractivity contribution is -0.136. The average Bonchev–Trinajstić information content (AvgIpc) is 3.10. The van der Waals surface area contributed by atoms with Crippen molar-refractivity contribution in [3.05, 3.63) is 70.2 Å². The molecule has 0 N–H and O–H groups in total. The van der Waals surface area contributed by atoms with E-state index in [1.54, 1.807) is 11.0 Å². The summed E-state index contributed by atoms with van der Waals surface area (Å²) in [6.45, 7) is 4.29. The number of amides is 1. The van der Waals surface area contributed by atoms with Crippen LogP contribution in [0.1, 0.15) is 31.4 Å². The third-order valence-corrected chi connectivity index (χ3v) is 4.89. The van der Waals surface area contributed by atoms with Crippen LogP contribution in [0.2, 0.25) is 5.02 Å². The van der Waals surface area contributed by atoms with Gasteiger partial charge in [-0.2, -0.15) is 0 Å². The summed E-state index contributed by atoms with van der Waals surface area (Å²) in [5.41, 5.74) is 1.44. The first-order chi connectivity index (χ1) is 13.3. The molecular weight excluding hydrogens is 386 g/mol. The topological polar surface area (TPSA) is 41.9 Å². The van der Waals surface area contributed by atoms with Crippen LogP contribution >= 0.6 is 11.6 Å². The van der Waals surface area contributed by atoms with Gasteiger partial charge >= 0.3 is 0 Å². The van der Waals surface area contributed by atoms with E-state index in [1.807, 2.05) is 32.0 Å². The number of carbonyl (C=O) groups excluding carboxylic acids is 1. The predicted octanol–water partition coefficient (Wildman–Crippen LogP) is 4.80. The van der Waals surface area contributed by atoms with Crippen LogP contribution in [0.4, 0.5) is 8.78 Å². The standard InChI is InChI=1S/C21H21ClF2N2O2/c1-13(2)21(27)26(11-14-5-3-4-6-18(14)22)12-16-10-20(25-28-16)17-8-7-15(23)9-19(17)24/h3-9,13,16H,10-12H2,1-2H3/t16-/m0/s1. The van der Waals surface area contributed by atoms with Gasteiger partial charge in [-0.05, 0) is 23.8 Å². The number of hydrogen-bond acceptors (Lipinski definition) is 3. The highest BCUT2D eigenvalue weighted by Crippen LogP contribution is 2.23. The zero-order chi connectivity index (χ0) is 20.3. The third kappa shape index (κ3) is 4.68. The highest BCUT2D eigenvalue weighted by Gasteiger charge is 2.29. The molecule has 2 aromatic rings. The van der Waals surface area contributed by atoms with E-state index < -0.39 is 17.7 Å². The molecule has 1 aliphatic rings. The molecule has 2 aromatic carbocycles. The lowest BCUT2D eigenvalue weighted by Gasteiger charge is -2.27. The summed E-state index contributed by atoms with van der Waals surface area (Å²) in [7, 11) is 0. The van der Waals surface area contributed by atoms with Gasteiger partial charge in [-0.1, -0.05) is 48.8 Å². The fraction of sp³-hybridized carbons (Fsp3) is 0.333. The van der Waals surface area contributed by atoms with Crippen molar-refractivity contribution in [1.82, 2.24) is 4.90 Å². The molecule has 1 heterocycles. The second-order valence-electron chi connectivity index (χ2n) is 7.06. The summed E-state index contributed by atoms with van der Waals surface area (Å²) in [6.07, 6.45) is -0.0860. The van der Waals surface area contributed by atoms with E-state index in [9.17, 15) is 13.6 Å². The Kier molecular flexibility index (Phi) is 6.29. The average molecular weight is 407 g/mol. The molecule has 0 radical (unpaired) electrons. The van der Waals surface area contributed by atoms with Crippen LogP contribution in [-0.2, 0) is 16.2 Å². The van der Waals surface area contributed by atoms with Crippen LogP contribution < -0.4 is 0 Å². The molecule has 1 aliphatic heterocycles. The fourth-order valence-electron chi connectivity index (χ4n) is 3.08. The Hall–Kier alpha value is -2.47. The fourth-order valence-corrected chi connectivity index (χ4v) is 3.28. The first kappa shape index (κ1) is 20.3. The number of nitrogens with zero attached hydrogens (tertiary/aromatic N) is 2. The van der Waals surface area contributed by atoms with Gasteiger partial charge in [0.1, 0.15) is 11.6 Å². The van der Waals surface area contributed by atoms with E-state index in [0.29, 0.717) is 23.7 Å². The highest BCUT2D eigenvalue weighted by molar-refractivity contribution is 6.31. The van der Waals surface area contributed by atoms with Crippen molar-refractivity contribution < 1.29 is 18.4 Å². The maximum absolute atomic E-state index is 14.0. The number of benzene rings is 2. The third-order valence-electron chi connectivity index (χ3n) is 4.52. The van der Waals surface area contributed by atoms with E-state index in [0.717, 1.165) is 11.6 Å². The lowest BCUT2D eigenvalue weighted by atomic mass is 10.0. The summed E-state index contributed by atoms with van der Waals surface area (Å²) in [4.78, 5) is 19.8. The summed E-state index contributed by atoms with van der Waals surface area (Å²) >= 11 is 6.24. The van der Waals surface area contributed by atoms with Crippen molar-refractivity contribution in [2.45, 2.75) is 32.9 Å². The molecule has 3 rings (SSSR count).